The predicted molar refractivity (Wildman–Crippen MR) is 68.8 cm³/mol. The monoisotopic (exact) mass is 249 g/mol. The van der Waals surface area contributed by atoms with Crippen LogP contribution in [-0.2, 0) is 4.79 Å². The summed E-state index contributed by atoms with van der Waals surface area (Å²) >= 11 is 0. The molecule has 0 bridgehead atoms. The summed E-state index contributed by atoms with van der Waals surface area (Å²) in [4.78, 5) is 15.8. The van der Waals surface area contributed by atoms with Gasteiger partial charge in [0.15, 0.2) is 0 Å². The molecule has 0 aromatic rings. The van der Waals surface area contributed by atoms with Crippen molar-refractivity contribution in [3.63, 3.8) is 0 Å². The summed E-state index contributed by atoms with van der Waals surface area (Å²) in [6, 6.07) is 0.251. The van der Waals surface area contributed by atoms with Crippen LogP contribution >= 0.6 is 12.4 Å². The Morgan fingerprint density at radius 2 is 2.12 bits per heavy atom. The molecule has 1 heterocycles. The Labute approximate surface area is 105 Å². The topological polar surface area (TPSA) is 49.6 Å². The highest BCUT2D eigenvalue weighted by Gasteiger charge is 2.28. The minimum Gasteiger partial charge on any atom is -0.337 e. The van der Waals surface area contributed by atoms with E-state index in [1.54, 1.807) is 0 Å². The van der Waals surface area contributed by atoms with E-state index >= 15 is 0 Å². The molecular formula is C11H24ClN3O. The molecule has 5 heteroatoms. The van der Waals surface area contributed by atoms with Gasteiger partial charge >= 0.3 is 0 Å². The van der Waals surface area contributed by atoms with Crippen LogP contribution in [0.5, 0.6) is 0 Å². The Balaban J connectivity index is 0.00000225. The van der Waals surface area contributed by atoms with Crippen LogP contribution in [0.15, 0.2) is 0 Å². The molecule has 0 aromatic heterocycles. The maximum absolute atomic E-state index is 11.9. The summed E-state index contributed by atoms with van der Waals surface area (Å²) in [5.74, 6) is 0.907. The van der Waals surface area contributed by atoms with E-state index < -0.39 is 0 Å². The summed E-state index contributed by atoms with van der Waals surface area (Å²) in [5, 5.41) is 0. The average Bonchev–Trinajstić information content (AvgIpc) is 2.16. The van der Waals surface area contributed by atoms with E-state index in [9.17, 15) is 4.79 Å². The molecule has 2 unspecified atom stereocenters. The smallest absolute Gasteiger partial charge is 0.237 e. The van der Waals surface area contributed by atoms with Gasteiger partial charge in [-0.1, -0.05) is 6.92 Å². The average molecular weight is 250 g/mol. The van der Waals surface area contributed by atoms with E-state index in [1.165, 1.54) is 0 Å². The van der Waals surface area contributed by atoms with Crippen molar-refractivity contribution in [2.24, 2.45) is 11.7 Å². The summed E-state index contributed by atoms with van der Waals surface area (Å²) in [5.41, 5.74) is 5.72. The van der Waals surface area contributed by atoms with Gasteiger partial charge in [-0.15, -0.1) is 12.4 Å². The van der Waals surface area contributed by atoms with Gasteiger partial charge in [0.25, 0.3) is 0 Å². The third kappa shape index (κ3) is 4.28. The van der Waals surface area contributed by atoms with Crippen LogP contribution in [0.2, 0.25) is 0 Å². The second kappa shape index (κ2) is 7.09. The molecule has 2 atom stereocenters. The number of carbonyl (C=O) groups excluding carboxylic acids is 1. The lowest BCUT2D eigenvalue weighted by Crippen LogP contribution is -2.51. The number of rotatable bonds is 3. The van der Waals surface area contributed by atoms with E-state index in [4.69, 9.17) is 5.73 Å². The number of nitrogens with two attached hydrogens (primary N) is 1. The van der Waals surface area contributed by atoms with Gasteiger partial charge in [-0.25, -0.2) is 0 Å². The molecule has 0 aromatic carbocycles. The van der Waals surface area contributed by atoms with Crippen LogP contribution in [0.25, 0.3) is 0 Å². The first-order valence-corrected chi connectivity index (χ1v) is 5.68. The SMILES string of the molecule is CC1CCN(C(=O)CN(C)C)C(CN)C1.Cl. The lowest BCUT2D eigenvalue weighted by atomic mass is 9.92. The fraction of sp³-hybridized carbons (Fsp3) is 0.909. The van der Waals surface area contributed by atoms with E-state index in [0.29, 0.717) is 19.0 Å². The van der Waals surface area contributed by atoms with Crippen LogP contribution in [0.1, 0.15) is 19.8 Å². The van der Waals surface area contributed by atoms with Crippen LogP contribution in [-0.4, -0.2) is 55.5 Å². The van der Waals surface area contributed by atoms with Gasteiger partial charge in [0.2, 0.25) is 5.91 Å². The number of piperidine rings is 1. The Morgan fingerprint density at radius 1 is 1.50 bits per heavy atom. The van der Waals surface area contributed by atoms with E-state index in [2.05, 4.69) is 6.92 Å². The van der Waals surface area contributed by atoms with E-state index in [-0.39, 0.29) is 24.4 Å². The molecule has 0 saturated carbocycles. The molecule has 1 aliphatic heterocycles. The van der Waals surface area contributed by atoms with Gasteiger partial charge < -0.3 is 15.5 Å². The van der Waals surface area contributed by atoms with Gasteiger partial charge in [-0.3, -0.25) is 4.79 Å². The first-order chi connectivity index (χ1) is 7.04. The molecule has 1 aliphatic rings. The van der Waals surface area contributed by atoms with Crippen LogP contribution in [0.4, 0.5) is 0 Å². The molecule has 2 N–H and O–H groups in total. The number of hydrogen-bond donors (Lipinski definition) is 1. The minimum absolute atomic E-state index is 0. The van der Waals surface area contributed by atoms with Gasteiger partial charge in [-0.05, 0) is 32.9 Å². The Bertz CT molecular complexity index is 223. The summed E-state index contributed by atoms with van der Waals surface area (Å²) in [7, 11) is 3.84. The number of nitrogens with zero attached hydrogens (tertiary/aromatic N) is 2. The highest BCUT2D eigenvalue weighted by Crippen LogP contribution is 2.21. The molecule has 1 fully saturated rings. The maximum atomic E-state index is 11.9. The second-order valence-electron chi connectivity index (χ2n) is 4.84. The highest BCUT2D eigenvalue weighted by atomic mass is 35.5. The molecule has 1 saturated heterocycles. The van der Waals surface area contributed by atoms with Gasteiger partial charge in [-0.2, -0.15) is 0 Å². The molecule has 1 amide bonds. The van der Waals surface area contributed by atoms with Crippen molar-refractivity contribution in [2.75, 3.05) is 33.7 Å². The molecule has 0 spiro atoms. The van der Waals surface area contributed by atoms with Crippen molar-refractivity contribution in [3.8, 4) is 0 Å². The number of carbonyl (C=O) groups is 1. The van der Waals surface area contributed by atoms with Crippen molar-refractivity contribution in [1.82, 2.24) is 9.80 Å². The first-order valence-electron chi connectivity index (χ1n) is 5.68. The van der Waals surface area contributed by atoms with Crippen LogP contribution in [0.3, 0.4) is 0 Å². The lowest BCUT2D eigenvalue weighted by Gasteiger charge is -2.38. The van der Waals surface area contributed by atoms with Crippen molar-refractivity contribution in [3.05, 3.63) is 0 Å². The number of amides is 1. The third-order valence-corrected chi connectivity index (χ3v) is 3.02. The molecule has 96 valence electrons. The number of halogens is 1. The van der Waals surface area contributed by atoms with Crippen molar-refractivity contribution in [1.29, 1.82) is 0 Å². The molecule has 0 aliphatic carbocycles. The van der Waals surface area contributed by atoms with E-state index in [1.807, 2.05) is 23.9 Å². The summed E-state index contributed by atoms with van der Waals surface area (Å²) in [6.45, 7) is 4.18. The van der Waals surface area contributed by atoms with Gasteiger partial charge in [0, 0.05) is 19.1 Å². The van der Waals surface area contributed by atoms with Crippen molar-refractivity contribution >= 4 is 18.3 Å². The second-order valence-corrected chi connectivity index (χ2v) is 4.84. The zero-order valence-corrected chi connectivity index (χ0v) is 11.3. The fourth-order valence-electron chi connectivity index (χ4n) is 2.16. The van der Waals surface area contributed by atoms with Crippen LogP contribution in [0, 0.1) is 5.92 Å². The Kier molecular flexibility index (Phi) is 6.95. The van der Waals surface area contributed by atoms with E-state index in [0.717, 1.165) is 19.4 Å². The van der Waals surface area contributed by atoms with Gasteiger partial charge in [0.05, 0.1) is 6.54 Å². The Morgan fingerprint density at radius 3 is 2.62 bits per heavy atom. The Hall–Kier alpha value is -0.320. The predicted octanol–water partition coefficient (Wildman–Crippen LogP) is 0.556. The van der Waals surface area contributed by atoms with Gasteiger partial charge in [0.1, 0.15) is 0 Å². The fourth-order valence-corrected chi connectivity index (χ4v) is 2.16. The first kappa shape index (κ1) is 15.7. The molecule has 0 radical (unpaired) electrons. The lowest BCUT2D eigenvalue weighted by molar-refractivity contribution is -0.135. The zero-order chi connectivity index (χ0) is 11.4. The van der Waals surface area contributed by atoms with Crippen LogP contribution < -0.4 is 5.73 Å². The number of likely N-dealkylation sites (tertiary alicyclic amines) is 1. The number of likely N-dealkylation sites (N-methyl/N-ethyl adjacent to an activating group) is 1. The molecule has 1 rings (SSSR count). The summed E-state index contributed by atoms with van der Waals surface area (Å²) in [6.07, 6.45) is 2.16. The quantitative estimate of drug-likeness (QED) is 0.795. The maximum Gasteiger partial charge on any atom is 0.237 e. The summed E-state index contributed by atoms with van der Waals surface area (Å²) < 4.78 is 0. The highest BCUT2D eigenvalue weighted by molar-refractivity contribution is 5.85. The normalized spacial score (nSPS) is 25.4. The van der Waals surface area contributed by atoms with Crippen molar-refractivity contribution in [2.45, 2.75) is 25.8 Å². The van der Waals surface area contributed by atoms with Crippen molar-refractivity contribution < 1.29 is 4.79 Å². The standard InChI is InChI=1S/C11H23N3O.ClH/c1-9-4-5-14(10(6-9)7-12)11(15)8-13(2)3;/h9-10H,4-8,12H2,1-3H3;1H. The molecule has 4 nitrogen and oxygen atoms in total. The molecular weight excluding hydrogens is 226 g/mol. The largest absolute Gasteiger partial charge is 0.337 e. The zero-order valence-electron chi connectivity index (χ0n) is 10.5. The minimum atomic E-state index is 0. The third-order valence-electron chi connectivity index (χ3n) is 3.02. The number of hydrogen-bond acceptors (Lipinski definition) is 3. The molecule has 16 heavy (non-hydrogen) atoms.